The minimum Gasteiger partial charge on any atom is -0.349 e. The van der Waals surface area contributed by atoms with Crippen LogP contribution < -0.4 is 5.32 Å². The van der Waals surface area contributed by atoms with Crippen LogP contribution in [0.25, 0.3) is 0 Å². The lowest BCUT2D eigenvalue weighted by Gasteiger charge is -2.61. The van der Waals surface area contributed by atoms with Crippen LogP contribution in [0.4, 0.5) is 0 Å². The molecule has 1 N–H and O–H groups in total. The Morgan fingerprint density at radius 3 is 2.25 bits per heavy atom. The summed E-state index contributed by atoms with van der Waals surface area (Å²) in [5.41, 5.74) is 4.02. The predicted octanol–water partition coefficient (Wildman–Crippen LogP) is 5.71. The molecular weight excluding hydrogens is 342 g/mol. The van der Waals surface area contributed by atoms with Crippen molar-refractivity contribution in [3.8, 4) is 0 Å². The number of benzene rings is 2. The van der Waals surface area contributed by atoms with Gasteiger partial charge in [-0.05, 0) is 80.8 Å². The molecule has 3 atom stereocenters. The van der Waals surface area contributed by atoms with E-state index >= 15 is 0 Å². The number of amides is 1. The smallest absolute Gasteiger partial charge is 0.226 e. The molecule has 0 heterocycles. The molecule has 6 rings (SSSR count). The van der Waals surface area contributed by atoms with Crippen molar-refractivity contribution in [1.82, 2.24) is 5.32 Å². The Balaban J connectivity index is 1.43. The SMILES string of the molecule is Cc1ccc(C23C[C@@H]4C[C@H](CC(C(=O)N[C@@H](C)c5ccccc5)(C4)C2)C3)cc1. The van der Waals surface area contributed by atoms with Crippen LogP contribution in [0.1, 0.15) is 68.2 Å². The molecular formula is C26H31NO. The summed E-state index contributed by atoms with van der Waals surface area (Å²) in [5, 5.41) is 3.39. The van der Waals surface area contributed by atoms with Crippen LogP contribution in [0.2, 0.25) is 0 Å². The van der Waals surface area contributed by atoms with Crippen LogP contribution in [0.5, 0.6) is 0 Å². The van der Waals surface area contributed by atoms with Gasteiger partial charge in [0.25, 0.3) is 0 Å². The zero-order valence-corrected chi connectivity index (χ0v) is 17.1. The highest BCUT2D eigenvalue weighted by Crippen LogP contribution is 2.65. The zero-order valence-electron chi connectivity index (χ0n) is 17.1. The van der Waals surface area contributed by atoms with Gasteiger partial charge in [-0.2, -0.15) is 0 Å². The Kier molecular flexibility index (Phi) is 4.15. The van der Waals surface area contributed by atoms with E-state index in [-0.39, 0.29) is 16.9 Å². The average molecular weight is 374 g/mol. The molecule has 4 aliphatic carbocycles. The summed E-state index contributed by atoms with van der Waals surface area (Å²) in [6, 6.07) is 19.6. The maximum atomic E-state index is 13.6. The first-order chi connectivity index (χ1) is 13.5. The molecule has 0 aromatic heterocycles. The van der Waals surface area contributed by atoms with Gasteiger partial charge in [-0.25, -0.2) is 0 Å². The third kappa shape index (κ3) is 2.89. The van der Waals surface area contributed by atoms with Gasteiger partial charge < -0.3 is 5.32 Å². The summed E-state index contributed by atoms with van der Waals surface area (Å²) < 4.78 is 0. The van der Waals surface area contributed by atoms with Gasteiger partial charge in [-0.1, -0.05) is 60.2 Å². The van der Waals surface area contributed by atoms with E-state index in [9.17, 15) is 4.79 Å². The standard InChI is InChI=1S/C26H31NO/c1-18-8-10-23(11-9-18)25-13-20-12-21(14-25)16-26(15-20,17-25)24(28)27-19(2)22-6-4-3-5-7-22/h3-11,19-21H,12-17H2,1-2H3,(H,27,28)/t19-,20-,21-,25?,26?/m0/s1. The summed E-state index contributed by atoms with van der Waals surface area (Å²) in [5.74, 6) is 1.72. The van der Waals surface area contributed by atoms with Crippen LogP contribution in [0.15, 0.2) is 54.6 Å². The van der Waals surface area contributed by atoms with E-state index in [1.54, 1.807) is 0 Å². The first-order valence-electron chi connectivity index (χ1n) is 10.9. The van der Waals surface area contributed by atoms with Crippen LogP contribution in [0.3, 0.4) is 0 Å². The monoisotopic (exact) mass is 373 g/mol. The molecule has 0 unspecified atom stereocenters. The third-order valence-corrected chi connectivity index (χ3v) is 7.85. The highest BCUT2D eigenvalue weighted by atomic mass is 16.2. The molecule has 146 valence electrons. The highest BCUT2D eigenvalue weighted by molar-refractivity contribution is 5.84. The van der Waals surface area contributed by atoms with E-state index in [4.69, 9.17) is 0 Å². The maximum Gasteiger partial charge on any atom is 0.226 e. The van der Waals surface area contributed by atoms with Crippen molar-refractivity contribution in [2.24, 2.45) is 17.3 Å². The lowest BCUT2D eigenvalue weighted by molar-refractivity contribution is -0.149. The molecule has 4 bridgehead atoms. The van der Waals surface area contributed by atoms with Gasteiger partial charge in [0, 0.05) is 0 Å². The highest BCUT2D eigenvalue weighted by Gasteiger charge is 2.60. The summed E-state index contributed by atoms with van der Waals surface area (Å²) in [4.78, 5) is 13.6. The van der Waals surface area contributed by atoms with Crippen molar-refractivity contribution in [3.05, 3.63) is 71.3 Å². The minimum atomic E-state index is -0.169. The van der Waals surface area contributed by atoms with Crippen molar-refractivity contribution in [1.29, 1.82) is 0 Å². The summed E-state index contributed by atoms with van der Waals surface area (Å²) in [7, 11) is 0. The van der Waals surface area contributed by atoms with Crippen molar-refractivity contribution < 1.29 is 4.79 Å². The fraction of sp³-hybridized carbons (Fsp3) is 0.500. The number of nitrogens with one attached hydrogen (secondary N) is 1. The van der Waals surface area contributed by atoms with E-state index in [0.29, 0.717) is 17.7 Å². The molecule has 0 radical (unpaired) electrons. The van der Waals surface area contributed by atoms with Crippen LogP contribution >= 0.6 is 0 Å². The molecule has 0 saturated heterocycles. The Morgan fingerprint density at radius 2 is 1.61 bits per heavy atom. The molecule has 0 spiro atoms. The van der Waals surface area contributed by atoms with E-state index in [0.717, 1.165) is 19.3 Å². The second-order valence-corrected chi connectivity index (χ2v) is 9.99. The quantitative estimate of drug-likeness (QED) is 0.730. The van der Waals surface area contributed by atoms with Crippen LogP contribution in [0, 0.1) is 24.2 Å². The lowest BCUT2D eigenvalue weighted by atomic mass is 9.42. The molecule has 2 nitrogen and oxygen atoms in total. The first kappa shape index (κ1) is 18.0. The number of carbonyl (C=O) groups excluding carboxylic acids is 1. The summed E-state index contributed by atoms with van der Waals surface area (Å²) in [6.07, 6.45) is 7.08. The van der Waals surface area contributed by atoms with E-state index < -0.39 is 0 Å². The maximum absolute atomic E-state index is 13.6. The summed E-state index contributed by atoms with van der Waals surface area (Å²) in [6.45, 7) is 4.27. The molecule has 28 heavy (non-hydrogen) atoms. The molecule has 4 saturated carbocycles. The van der Waals surface area contributed by atoms with Gasteiger partial charge in [0.1, 0.15) is 0 Å². The molecule has 4 fully saturated rings. The average Bonchev–Trinajstić information content (AvgIpc) is 2.68. The van der Waals surface area contributed by atoms with Gasteiger partial charge in [0.15, 0.2) is 0 Å². The van der Waals surface area contributed by atoms with E-state index in [1.165, 1.54) is 36.0 Å². The topological polar surface area (TPSA) is 29.1 Å². The Labute approximate surface area is 168 Å². The number of hydrogen-bond acceptors (Lipinski definition) is 1. The van der Waals surface area contributed by atoms with Gasteiger partial charge in [-0.3, -0.25) is 4.79 Å². The number of carbonyl (C=O) groups is 1. The van der Waals surface area contributed by atoms with Gasteiger partial charge in [0.2, 0.25) is 5.91 Å². The van der Waals surface area contributed by atoms with Gasteiger partial charge >= 0.3 is 0 Å². The zero-order chi connectivity index (χ0) is 19.4. The Morgan fingerprint density at radius 1 is 0.964 bits per heavy atom. The second-order valence-electron chi connectivity index (χ2n) is 9.99. The van der Waals surface area contributed by atoms with Crippen molar-refractivity contribution in [3.63, 3.8) is 0 Å². The van der Waals surface area contributed by atoms with Crippen molar-refractivity contribution >= 4 is 5.91 Å². The summed E-state index contributed by atoms with van der Waals surface area (Å²) >= 11 is 0. The van der Waals surface area contributed by atoms with Gasteiger partial charge in [0.05, 0.1) is 11.5 Å². The molecule has 2 aromatic rings. The first-order valence-corrected chi connectivity index (χ1v) is 10.9. The van der Waals surface area contributed by atoms with Crippen LogP contribution in [-0.2, 0) is 10.2 Å². The van der Waals surface area contributed by atoms with E-state index in [1.807, 2.05) is 6.07 Å². The Bertz CT molecular complexity index is 855. The minimum absolute atomic E-state index is 0.0667. The molecule has 2 heteroatoms. The van der Waals surface area contributed by atoms with Crippen molar-refractivity contribution in [2.75, 3.05) is 0 Å². The fourth-order valence-corrected chi connectivity index (χ4v) is 6.95. The molecule has 0 aliphatic heterocycles. The second kappa shape index (κ2) is 6.47. The Hall–Kier alpha value is -2.09. The van der Waals surface area contributed by atoms with E-state index in [2.05, 4.69) is 67.7 Å². The predicted molar refractivity (Wildman–Crippen MR) is 113 cm³/mol. The largest absolute Gasteiger partial charge is 0.349 e. The fourth-order valence-electron chi connectivity index (χ4n) is 6.95. The molecule has 4 aliphatic rings. The van der Waals surface area contributed by atoms with Crippen molar-refractivity contribution in [2.45, 2.75) is 63.8 Å². The third-order valence-electron chi connectivity index (χ3n) is 7.85. The van der Waals surface area contributed by atoms with Crippen LogP contribution in [-0.4, -0.2) is 5.91 Å². The number of aryl methyl sites for hydroxylation is 1. The number of rotatable bonds is 4. The molecule has 2 aromatic carbocycles. The molecule has 1 amide bonds. The lowest BCUT2D eigenvalue weighted by Crippen LogP contribution is -2.59. The van der Waals surface area contributed by atoms with Gasteiger partial charge in [-0.15, -0.1) is 0 Å². The number of hydrogen-bond donors (Lipinski definition) is 1. The normalized spacial score (nSPS) is 34.2.